The number of ether oxygens (including phenoxy) is 1. The van der Waals surface area contributed by atoms with E-state index in [1.54, 1.807) is 6.07 Å². The predicted molar refractivity (Wildman–Crippen MR) is 81.2 cm³/mol. The molecule has 4 nitrogen and oxygen atoms in total. The van der Waals surface area contributed by atoms with Crippen molar-refractivity contribution in [1.29, 1.82) is 0 Å². The molecule has 0 fully saturated rings. The Morgan fingerprint density at radius 3 is 2.76 bits per heavy atom. The first-order chi connectivity index (χ1) is 10.3. The maximum absolute atomic E-state index is 11.6. The SMILES string of the molecule is COC(=O)c1ccc2cnn(CCc3ccccc3)c2c1. The molecule has 0 aliphatic heterocycles. The van der Waals surface area contributed by atoms with E-state index in [0.29, 0.717) is 5.56 Å². The summed E-state index contributed by atoms with van der Waals surface area (Å²) in [4.78, 5) is 11.6. The second-order valence-electron chi connectivity index (χ2n) is 4.87. The van der Waals surface area contributed by atoms with E-state index in [9.17, 15) is 4.79 Å². The maximum atomic E-state index is 11.6. The van der Waals surface area contributed by atoms with Crippen LogP contribution >= 0.6 is 0 Å². The first-order valence-corrected chi connectivity index (χ1v) is 6.86. The van der Waals surface area contributed by atoms with Crippen LogP contribution in [0.3, 0.4) is 0 Å². The lowest BCUT2D eigenvalue weighted by molar-refractivity contribution is 0.0601. The van der Waals surface area contributed by atoms with Gasteiger partial charge in [-0.05, 0) is 24.1 Å². The molecule has 2 aromatic carbocycles. The van der Waals surface area contributed by atoms with Crippen LogP contribution in [0.2, 0.25) is 0 Å². The number of hydrogen-bond acceptors (Lipinski definition) is 3. The highest BCUT2D eigenvalue weighted by Gasteiger charge is 2.09. The van der Waals surface area contributed by atoms with Crippen LogP contribution < -0.4 is 0 Å². The van der Waals surface area contributed by atoms with E-state index in [1.807, 2.05) is 41.2 Å². The quantitative estimate of drug-likeness (QED) is 0.690. The summed E-state index contributed by atoms with van der Waals surface area (Å²) in [6.45, 7) is 0.776. The molecule has 0 atom stereocenters. The summed E-state index contributed by atoms with van der Waals surface area (Å²) in [5.41, 5.74) is 2.77. The number of carbonyl (C=O) groups excluding carboxylic acids is 1. The largest absolute Gasteiger partial charge is 0.465 e. The van der Waals surface area contributed by atoms with E-state index in [-0.39, 0.29) is 5.97 Å². The van der Waals surface area contributed by atoms with Gasteiger partial charge in [0.1, 0.15) is 0 Å². The fourth-order valence-corrected chi connectivity index (χ4v) is 2.37. The summed E-state index contributed by atoms with van der Waals surface area (Å²) < 4.78 is 6.69. The zero-order chi connectivity index (χ0) is 14.7. The summed E-state index contributed by atoms with van der Waals surface area (Å²) in [6.07, 6.45) is 2.72. The predicted octanol–water partition coefficient (Wildman–Crippen LogP) is 3.07. The Labute approximate surface area is 123 Å². The Morgan fingerprint density at radius 2 is 2.00 bits per heavy atom. The Kier molecular flexibility index (Phi) is 3.69. The second-order valence-corrected chi connectivity index (χ2v) is 4.87. The van der Waals surface area contributed by atoms with Crippen LogP contribution in [0.4, 0.5) is 0 Å². The van der Waals surface area contributed by atoms with Crippen LogP contribution in [0.15, 0.2) is 54.7 Å². The average Bonchev–Trinajstić information content (AvgIpc) is 2.95. The fraction of sp³-hybridized carbons (Fsp3) is 0.176. The van der Waals surface area contributed by atoms with Crippen molar-refractivity contribution < 1.29 is 9.53 Å². The molecule has 1 aromatic heterocycles. The minimum atomic E-state index is -0.326. The third-order valence-electron chi connectivity index (χ3n) is 3.52. The van der Waals surface area contributed by atoms with Crippen LogP contribution in [0.5, 0.6) is 0 Å². The molecule has 0 aliphatic carbocycles. The molecule has 0 unspecified atom stereocenters. The number of nitrogens with zero attached hydrogens (tertiary/aromatic N) is 2. The van der Waals surface area contributed by atoms with Crippen LogP contribution in [0.25, 0.3) is 10.9 Å². The van der Waals surface area contributed by atoms with Gasteiger partial charge in [0.2, 0.25) is 0 Å². The van der Waals surface area contributed by atoms with E-state index in [2.05, 4.69) is 17.2 Å². The van der Waals surface area contributed by atoms with Gasteiger partial charge >= 0.3 is 5.97 Å². The Morgan fingerprint density at radius 1 is 1.19 bits per heavy atom. The zero-order valence-electron chi connectivity index (χ0n) is 11.8. The minimum Gasteiger partial charge on any atom is -0.465 e. The van der Waals surface area contributed by atoms with Gasteiger partial charge in [0, 0.05) is 11.9 Å². The van der Waals surface area contributed by atoms with Gasteiger partial charge in [-0.2, -0.15) is 5.10 Å². The van der Waals surface area contributed by atoms with E-state index in [4.69, 9.17) is 4.74 Å². The normalized spacial score (nSPS) is 10.7. The lowest BCUT2D eigenvalue weighted by Gasteiger charge is -2.05. The van der Waals surface area contributed by atoms with Crippen LogP contribution in [-0.4, -0.2) is 22.9 Å². The van der Waals surface area contributed by atoms with Crippen molar-refractivity contribution in [2.45, 2.75) is 13.0 Å². The number of aromatic nitrogens is 2. The summed E-state index contributed by atoms with van der Waals surface area (Å²) >= 11 is 0. The summed E-state index contributed by atoms with van der Waals surface area (Å²) in [6, 6.07) is 15.8. The van der Waals surface area contributed by atoms with Crippen molar-refractivity contribution >= 4 is 16.9 Å². The first kappa shape index (κ1) is 13.4. The molecule has 0 radical (unpaired) electrons. The molecule has 0 bridgehead atoms. The highest BCUT2D eigenvalue weighted by Crippen LogP contribution is 2.17. The maximum Gasteiger partial charge on any atom is 0.337 e. The summed E-state index contributed by atoms with van der Waals surface area (Å²) in [7, 11) is 1.39. The zero-order valence-corrected chi connectivity index (χ0v) is 11.8. The standard InChI is InChI=1S/C17H16N2O2/c1-21-17(20)14-7-8-15-12-18-19(16(15)11-14)10-9-13-5-3-2-4-6-13/h2-8,11-12H,9-10H2,1H3. The number of benzene rings is 2. The van der Waals surface area contributed by atoms with E-state index >= 15 is 0 Å². The number of hydrogen-bond donors (Lipinski definition) is 0. The molecule has 0 amide bonds. The molecule has 0 saturated carbocycles. The lowest BCUT2D eigenvalue weighted by Crippen LogP contribution is -2.05. The van der Waals surface area contributed by atoms with Crippen molar-refractivity contribution in [3.05, 3.63) is 65.9 Å². The molecule has 1 heterocycles. The van der Waals surface area contributed by atoms with Gasteiger partial charge in [0.25, 0.3) is 0 Å². The van der Waals surface area contributed by atoms with Crippen molar-refractivity contribution in [2.24, 2.45) is 0 Å². The Hall–Kier alpha value is -2.62. The number of carbonyl (C=O) groups is 1. The highest BCUT2D eigenvalue weighted by molar-refractivity contribution is 5.94. The molecule has 3 rings (SSSR count). The molecule has 0 aliphatic rings. The Bertz CT molecular complexity index is 763. The number of aryl methyl sites for hydroxylation is 2. The lowest BCUT2D eigenvalue weighted by atomic mass is 10.1. The molecule has 106 valence electrons. The van der Waals surface area contributed by atoms with Gasteiger partial charge in [-0.1, -0.05) is 36.4 Å². The van der Waals surface area contributed by atoms with Crippen molar-refractivity contribution in [2.75, 3.05) is 7.11 Å². The van der Waals surface area contributed by atoms with Gasteiger partial charge < -0.3 is 4.74 Å². The molecule has 21 heavy (non-hydrogen) atoms. The molecule has 0 N–H and O–H groups in total. The van der Waals surface area contributed by atoms with Gasteiger partial charge in [0.15, 0.2) is 0 Å². The van der Waals surface area contributed by atoms with Crippen molar-refractivity contribution in [3.63, 3.8) is 0 Å². The molecule has 4 heteroatoms. The Balaban J connectivity index is 1.86. The van der Waals surface area contributed by atoms with Gasteiger partial charge in [0.05, 0.1) is 24.4 Å². The minimum absolute atomic E-state index is 0.326. The number of fused-ring (bicyclic) bond motifs is 1. The van der Waals surface area contributed by atoms with E-state index in [1.165, 1.54) is 12.7 Å². The summed E-state index contributed by atoms with van der Waals surface area (Å²) in [5, 5.41) is 5.43. The summed E-state index contributed by atoms with van der Waals surface area (Å²) in [5.74, 6) is -0.326. The highest BCUT2D eigenvalue weighted by atomic mass is 16.5. The second kappa shape index (κ2) is 5.79. The third kappa shape index (κ3) is 2.79. The van der Waals surface area contributed by atoms with Crippen molar-refractivity contribution in [1.82, 2.24) is 9.78 Å². The average molecular weight is 280 g/mol. The first-order valence-electron chi connectivity index (χ1n) is 6.86. The van der Waals surface area contributed by atoms with Crippen LogP contribution in [0.1, 0.15) is 15.9 Å². The molecule has 3 aromatic rings. The smallest absolute Gasteiger partial charge is 0.337 e. The number of methoxy groups -OCH3 is 1. The van der Waals surface area contributed by atoms with Gasteiger partial charge in [-0.3, -0.25) is 4.68 Å². The van der Waals surface area contributed by atoms with Crippen molar-refractivity contribution in [3.8, 4) is 0 Å². The van der Waals surface area contributed by atoms with Gasteiger partial charge in [-0.15, -0.1) is 0 Å². The molecular formula is C17H16N2O2. The van der Waals surface area contributed by atoms with Crippen LogP contribution in [0, 0.1) is 0 Å². The third-order valence-corrected chi connectivity index (χ3v) is 3.52. The monoisotopic (exact) mass is 280 g/mol. The molecular weight excluding hydrogens is 264 g/mol. The van der Waals surface area contributed by atoms with Crippen LogP contribution in [-0.2, 0) is 17.7 Å². The number of rotatable bonds is 4. The topological polar surface area (TPSA) is 44.1 Å². The van der Waals surface area contributed by atoms with E-state index < -0.39 is 0 Å². The fourth-order valence-electron chi connectivity index (χ4n) is 2.37. The van der Waals surface area contributed by atoms with E-state index in [0.717, 1.165) is 23.9 Å². The van der Waals surface area contributed by atoms with Gasteiger partial charge in [-0.25, -0.2) is 4.79 Å². The number of esters is 1. The molecule has 0 saturated heterocycles. The molecule has 0 spiro atoms.